The van der Waals surface area contributed by atoms with Crippen molar-refractivity contribution in [2.75, 3.05) is 5.32 Å². The first-order valence-corrected chi connectivity index (χ1v) is 7.35. The molecule has 2 aromatic rings. The Morgan fingerprint density at radius 1 is 1.58 bits per heavy atom. The van der Waals surface area contributed by atoms with Gasteiger partial charge in [-0.15, -0.1) is 11.3 Å². The minimum atomic E-state index is -0.0830. The zero-order valence-electron chi connectivity index (χ0n) is 11.0. The second-order valence-corrected chi connectivity index (χ2v) is 6.14. The van der Waals surface area contributed by atoms with E-state index in [2.05, 4.69) is 17.4 Å². The molecule has 4 nitrogen and oxygen atoms in total. The maximum atomic E-state index is 12.3. The molecule has 0 spiro atoms. The van der Waals surface area contributed by atoms with Crippen LogP contribution >= 0.6 is 11.3 Å². The minimum absolute atomic E-state index is 0.0830. The van der Waals surface area contributed by atoms with Crippen LogP contribution in [0.5, 0.6) is 0 Å². The number of aromatic nitrogens is 1. The highest BCUT2D eigenvalue weighted by molar-refractivity contribution is 7.10. The molecule has 0 aromatic carbocycles. The Labute approximate surface area is 115 Å². The highest BCUT2D eigenvalue weighted by Gasteiger charge is 2.23. The molecule has 3 rings (SSSR count). The van der Waals surface area contributed by atoms with E-state index in [9.17, 15) is 4.79 Å². The predicted molar refractivity (Wildman–Crippen MR) is 74.7 cm³/mol. The summed E-state index contributed by atoms with van der Waals surface area (Å²) in [6, 6.07) is 1.72. The van der Waals surface area contributed by atoms with Gasteiger partial charge in [0.05, 0.1) is 5.56 Å². The number of thiophene rings is 1. The summed E-state index contributed by atoms with van der Waals surface area (Å²) in [5.41, 5.74) is 2.02. The van der Waals surface area contributed by atoms with Gasteiger partial charge in [-0.1, -0.05) is 12.1 Å². The molecule has 0 radical (unpaired) electrons. The smallest absolute Gasteiger partial charge is 0.258 e. The number of aryl methyl sites for hydroxylation is 1. The highest BCUT2D eigenvalue weighted by atomic mass is 32.1. The lowest BCUT2D eigenvalue weighted by Gasteiger charge is -2.18. The quantitative estimate of drug-likeness (QED) is 0.914. The Bertz CT molecular complexity index is 615. The molecule has 1 aliphatic rings. The Morgan fingerprint density at radius 2 is 2.42 bits per heavy atom. The number of fused-ring (bicyclic) bond motifs is 1. The number of amides is 1. The van der Waals surface area contributed by atoms with Crippen LogP contribution in [-0.2, 0) is 12.8 Å². The van der Waals surface area contributed by atoms with Crippen molar-refractivity contribution >= 4 is 23.1 Å². The molecule has 1 unspecified atom stereocenters. The van der Waals surface area contributed by atoms with Crippen LogP contribution in [0.3, 0.4) is 0 Å². The Morgan fingerprint density at radius 3 is 3.16 bits per heavy atom. The SMILES string of the molecule is Cc1cc(NC(=O)c2csc3c2CCC(C)C3)no1. The summed E-state index contributed by atoms with van der Waals surface area (Å²) < 4.78 is 4.95. The average molecular weight is 276 g/mol. The van der Waals surface area contributed by atoms with Crippen LogP contribution in [0.4, 0.5) is 5.82 Å². The van der Waals surface area contributed by atoms with Gasteiger partial charge in [-0.2, -0.15) is 0 Å². The number of nitrogens with one attached hydrogen (secondary N) is 1. The van der Waals surface area contributed by atoms with Crippen molar-refractivity contribution < 1.29 is 9.32 Å². The summed E-state index contributed by atoms with van der Waals surface area (Å²) >= 11 is 1.70. The molecule has 0 fully saturated rings. The van der Waals surface area contributed by atoms with Crippen LogP contribution in [-0.4, -0.2) is 11.1 Å². The lowest BCUT2D eigenvalue weighted by Crippen LogP contribution is -2.16. The van der Waals surface area contributed by atoms with Gasteiger partial charge in [-0.25, -0.2) is 0 Å². The van der Waals surface area contributed by atoms with Crippen molar-refractivity contribution in [3.63, 3.8) is 0 Å². The van der Waals surface area contributed by atoms with Gasteiger partial charge in [0.2, 0.25) is 0 Å². The van der Waals surface area contributed by atoms with Gasteiger partial charge in [-0.05, 0) is 37.7 Å². The van der Waals surface area contributed by atoms with Crippen LogP contribution in [0.25, 0.3) is 0 Å². The molecule has 1 aliphatic carbocycles. The maximum Gasteiger partial charge on any atom is 0.258 e. The van der Waals surface area contributed by atoms with E-state index < -0.39 is 0 Å². The molecule has 1 amide bonds. The normalized spacial score (nSPS) is 18.1. The number of carbonyl (C=O) groups excluding carboxylic acids is 1. The predicted octanol–water partition coefficient (Wildman–Crippen LogP) is 3.42. The maximum absolute atomic E-state index is 12.3. The van der Waals surface area contributed by atoms with Gasteiger partial charge in [0, 0.05) is 16.3 Å². The van der Waals surface area contributed by atoms with E-state index in [1.54, 1.807) is 24.3 Å². The van der Waals surface area contributed by atoms with Crippen LogP contribution in [0, 0.1) is 12.8 Å². The first-order chi connectivity index (χ1) is 9.13. The lowest BCUT2D eigenvalue weighted by atomic mass is 9.88. The number of hydrogen-bond acceptors (Lipinski definition) is 4. The molecule has 2 aromatic heterocycles. The Kier molecular flexibility index (Phi) is 3.14. The van der Waals surface area contributed by atoms with Crippen molar-refractivity contribution in [1.29, 1.82) is 0 Å². The molecule has 1 N–H and O–H groups in total. The van der Waals surface area contributed by atoms with Crippen molar-refractivity contribution in [3.05, 3.63) is 33.2 Å². The zero-order chi connectivity index (χ0) is 13.4. The highest BCUT2D eigenvalue weighted by Crippen LogP contribution is 2.33. The van der Waals surface area contributed by atoms with Crippen LogP contribution in [0.2, 0.25) is 0 Å². The third-order valence-electron chi connectivity index (χ3n) is 3.52. The van der Waals surface area contributed by atoms with E-state index in [-0.39, 0.29) is 5.91 Å². The van der Waals surface area contributed by atoms with Gasteiger partial charge in [-0.3, -0.25) is 4.79 Å². The molecule has 1 atom stereocenters. The number of rotatable bonds is 2. The van der Waals surface area contributed by atoms with Crippen molar-refractivity contribution in [2.24, 2.45) is 5.92 Å². The minimum Gasteiger partial charge on any atom is -0.360 e. The third kappa shape index (κ3) is 2.42. The van der Waals surface area contributed by atoms with Crippen LogP contribution in [0.1, 0.15) is 39.9 Å². The zero-order valence-corrected chi connectivity index (χ0v) is 11.8. The van der Waals surface area contributed by atoms with E-state index >= 15 is 0 Å². The van der Waals surface area contributed by atoms with E-state index in [1.165, 1.54) is 10.4 Å². The summed E-state index contributed by atoms with van der Waals surface area (Å²) in [5.74, 6) is 1.81. The van der Waals surface area contributed by atoms with Crippen LogP contribution in [0.15, 0.2) is 16.0 Å². The van der Waals surface area contributed by atoms with Gasteiger partial charge in [0.15, 0.2) is 5.82 Å². The fourth-order valence-corrected chi connectivity index (χ4v) is 3.72. The monoisotopic (exact) mass is 276 g/mol. The first-order valence-electron chi connectivity index (χ1n) is 6.47. The van der Waals surface area contributed by atoms with E-state index in [1.807, 2.05) is 5.38 Å². The fraction of sp³-hybridized carbons (Fsp3) is 0.429. The number of anilines is 1. The topological polar surface area (TPSA) is 55.1 Å². The van der Waals surface area contributed by atoms with Gasteiger partial charge < -0.3 is 9.84 Å². The second kappa shape index (κ2) is 4.81. The van der Waals surface area contributed by atoms with E-state index in [0.29, 0.717) is 11.6 Å². The molecule has 19 heavy (non-hydrogen) atoms. The third-order valence-corrected chi connectivity index (χ3v) is 4.57. The summed E-state index contributed by atoms with van der Waals surface area (Å²) in [5, 5.41) is 8.54. The van der Waals surface area contributed by atoms with E-state index in [0.717, 1.165) is 30.7 Å². The van der Waals surface area contributed by atoms with Crippen LogP contribution < -0.4 is 5.32 Å². The Hall–Kier alpha value is -1.62. The molecule has 100 valence electrons. The van der Waals surface area contributed by atoms with Crippen molar-refractivity contribution in [3.8, 4) is 0 Å². The largest absolute Gasteiger partial charge is 0.360 e. The molecule has 2 heterocycles. The first kappa shape index (κ1) is 12.4. The molecular formula is C14H16N2O2S. The summed E-state index contributed by atoms with van der Waals surface area (Å²) in [6.07, 6.45) is 3.25. The fourth-order valence-electron chi connectivity index (χ4n) is 2.48. The molecule has 5 heteroatoms. The molecule has 0 bridgehead atoms. The van der Waals surface area contributed by atoms with E-state index in [4.69, 9.17) is 4.52 Å². The molecule has 0 saturated heterocycles. The molecule has 0 saturated carbocycles. The molecular weight excluding hydrogens is 260 g/mol. The summed E-state index contributed by atoms with van der Waals surface area (Å²) in [4.78, 5) is 13.6. The average Bonchev–Trinajstić information content (AvgIpc) is 2.95. The van der Waals surface area contributed by atoms with Crippen molar-refractivity contribution in [1.82, 2.24) is 5.16 Å². The van der Waals surface area contributed by atoms with Gasteiger partial charge in [0.1, 0.15) is 5.76 Å². The lowest BCUT2D eigenvalue weighted by molar-refractivity contribution is 0.102. The number of nitrogens with zero attached hydrogens (tertiary/aromatic N) is 1. The summed E-state index contributed by atoms with van der Waals surface area (Å²) in [7, 11) is 0. The van der Waals surface area contributed by atoms with Gasteiger partial charge >= 0.3 is 0 Å². The number of carbonyl (C=O) groups is 1. The Balaban J connectivity index is 1.81. The van der Waals surface area contributed by atoms with Crippen molar-refractivity contribution in [2.45, 2.75) is 33.1 Å². The van der Waals surface area contributed by atoms with Gasteiger partial charge in [0.25, 0.3) is 5.91 Å². The summed E-state index contributed by atoms with van der Waals surface area (Å²) in [6.45, 7) is 4.07. The second-order valence-electron chi connectivity index (χ2n) is 5.18. The standard InChI is InChI=1S/C14H16N2O2S/c1-8-3-4-10-11(7-19-12(10)5-8)14(17)15-13-6-9(2)18-16-13/h6-8H,3-5H2,1-2H3,(H,15,16,17). The molecule has 0 aliphatic heterocycles. The number of hydrogen-bond donors (Lipinski definition) is 1.